The molecule has 1 aromatic carbocycles. The normalized spacial score (nSPS) is 12.6. The molecule has 5 nitrogen and oxygen atoms in total. The summed E-state index contributed by atoms with van der Waals surface area (Å²) in [5, 5.41) is 8.71. The van der Waals surface area contributed by atoms with E-state index in [4.69, 9.17) is 0 Å². The lowest BCUT2D eigenvalue weighted by molar-refractivity contribution is 0.253. The highest BCUT2D eigenvalue weighted by molar-refractivity contribution is 7.92. The molecule has 1 heterocycles. The summed E-state index contributed by atoms with van der Waals surface area (Å²) in [5.41, 5.74) is 1.79. The summed E-state index contributed by atoms with van der Waals surface area (Å²) in [6, 6.07) is 6.54. The van der Waals surface area contributed by atoms with E-state index in [1.54, 1.807) is 51.2 Å². The smallest absolute Gasteiger partial charge is 0.180 e. The summed E-state index contributed by atoms with van der Waals surface area (Å²) in [6.07, 6.45) is 2.36. The summed E-state index contributed by atoms with van der Waals surface area (Å²) in [5.74, 6) is 5.34. The molecule has 1 N–H and O–H groups in total. The maximum atomic E-state index is 12.1. The third kappa shape index (κ3) is 4.15. The van der Waals surface area contributed by atoms with Crippen molar-refractivity contribution in [3.05, 3.63) is 42.4 Å². The Morgan fingerprint density at radius 2 is 1.74 bits per heavy atom. The monoisotopic (exact) mass is 330 g/mol. The van der Waals surface area contributed by atoms with Gasteiger partial charge in [0, 0.05) is 5.56 Å². The van der Waals surface area contributed by atoms with E-state index < -0.39 is 21.2 Å². The number of hydrogen-bond acceptors (Lipinski definition) is 5. The van der Waals surface area contributed by atoms with Crippen LogP contribution in [0.25, 0.3) is 11.3 Å². The lowest BCUT2D eigenvalue weighted by Gasteiger charge is -2.08. The number of nitrogens with zero attached hydrogens (tertiary/aromatic N) is 2. The van der Waals surface area contributed by atoms with Gasteiger partial charge in [-0.05, 0) is 38.8 Å². The van der Waals surface area contributed by atoms with Crippen molar-refractivity contribution in [3.63, 3.8) is 0 Å². The molecule has 1 aromatic heterocycles. The average Bonchev–Trinajstić information content (AvgIpc) is 2.53. The highest BCUT2D eigenvalue weighted by Crippen LogP contribution is 2.21. The second-order valence-corrected chi connectivity index (χ2v) is 7.86. The second-order valence-electron chi connectivity index (χ2n) is 5.35. The zero-order valence-electron chi connectivity index (χ0n) is 13.2. The highest BCUT2D eigenvalue weighted by atomic mass is 32.2. The Bertz CT molecular complexity index is 845. The van der Waals surface area contributed by atoms with Crippen LogP contribution in [0, 0.1) is 11.8 Å². The highest BCUT2D eigenvalue weighted by Gasteiger charge is 2.18. The Hall–Kier alpha value is -2.23. The van der Waals surface area contributed by atoms with Crippen LogP contribution in [0.15, 0.2) is 41.6 Å². The second kappa shape index (κ2) is 6.90. The molecule has 120 valence electrons. The molecule has 0 spiro atoms. The first-order valence-electron chi connectivity index (χ1n) is 7.16. The van der Waals surface area contributed by atoms with E-state index in [0.29, 0.717) is 11.4 Å². The van der Waals surface area contributed by atoms with Crippen LogP contribution in [0.4, 0.5) is 0 Å². The molecule has 1 atom stereocenters. The minimum absolute atomic E-state index is 0.286. The number of hydrogen-bond donors (Lipinski definition) is 1. The van der Waals surface area contributed by atoms with Gasteiger partial charge in [-0.25, -0.2) is 13.4 Å². The molecule has 23 heavy (non-hydrogen) atoms. The average molecular weight is 330 g/mol. The molecule has 0 radical (unpaired) electrons. The van der Waals surface area contributed by atoms with Gasteiger partial charge >= 0.3 is 0 Å². The van der Waals surface area contributed by atoms with Gasteiger partial charge in [-0.3, -0.25) is 4.98 Å². The van der Waals surface area contributed by atoms with Crippen molar-refractivity contribution in [1.29, 1.82) is 0 Å². The van der Waals surface area contributed by atoms with Gasteiger partial charge < -0.3 is 5.11 Å². The van der Waals surface area contributed by atoms with Gasteiger partial charge in [-0.15, -0.1) is 0 Å². The van der Waals surface area contributed by atoms with Gasteiger partial charge in [-0.2, -0.15) is 0 Å². The number of sulfone groups is 1. The van der Waals surface area contributed by atoms with Gasteiger partial charge in [0.15, 0.2) is 9.84 Å². The molecule has 6 heteroatoms. The van der Waals surface area contributed by atoms with Crippen molar-refractivity contribution < 1.29 is 13.5 Å². The zero-order valence-corrected chi connectivity index (χ0v) is 14.0. The summed E-state index contributed by atoms with van der Waals surface area (Å²) in [7, 11) is -3.29. The van der Waals surface area contributed by atoms with Crippen LogP contribution < -0.4 is 0 Å². The molecule has 0 bridgehead atoms. The van der Waals surface area contributed by atoms with E-state index >= 15 is 0 Å². The van der Waals surface area contributed by atoms with Gasteiger partial charge in [0.1, 0.15) is 11.8 Å². The maximum Gasteiger partial charge on any atom is 0.180 e. The number of benzene rings is 1. The number of aromatic nitrogens is 2. The summed E-state index contributed by atoms with van der Waals surface area (Å²) in [6.45, 7) is 4.87. The third-order valence-corrected chi connectivity index (χ3v) is 5.31. The van der Waals surface area contributed by atoms with Crippen LogP contribution in [-0.4, -0.2) is 34.8 Å². The van der Waals surface area contributed by atoms with Crippen LogP contribution in [0.1, 0.15) is 26.5 Å². The largest absolute Gasteiger partial charge is 0.381 e. The standard InChI is InChI=1S/C17H18N2O3S/c1-12(2)23(21,22)16-8-5-14(6-9-16)17-11-18-10-15(19-17)7-4-13(3)20/h5-6,8-13,20H,1-3H3/t13-/m0/s1. The molecule has 0 amide bonds. The first kappa shape index (κ1) is 17.1. The van der Waals surface area contributed by atoms with Gasteiger partial charge in [-0.1, -0.05) is 18.1 Å². The zero-order chi connectivity index (χ0) is 17.0. The maximum absolute atomic E-state index is 12.1. The van der Waals surface area contributed by atoms with Gasteiger partial charge in [0.25, 0.3) is 0 Å². The van der Waals surface area contributed by atoms with Crippen molar-refractivity contribution in [1.82, 2.24) is 9.97 Å². The Morgan fingerprint density at radius 1 is 1.09 bits per heavy atom. The minimum Gasteiger partial charge on any atom is -0.381 e. The molecular weight excluding hydrogens is 312 g/mol. The Balaban J connectivity index is 2.34. The molecule has 0 aliphatic heterocycles. The number of aliphatic hydroxyl groups excluding tert-OH is 1. The van der Waals surface area contributed by atoms with Gasteiger partial charge in [0.2, 0.25) is 0 Å². The fourth-order valence-corrected chi connectivity index (χ4v) is 2.89. The summed E-state index contributed by atoms with van der Waals surface area (Å²) in [4.78, 5) is 8.71. The van der Waals surface area contributed by atoms with E-state index in [9.17, 15) is 13.5 Å². The molecule has 0 fully saturated rings. The minimum atomic E-state index is -3.29. The van der Waals surface area contributed by atoms with Crippen molar-refractivity contribution in [3.8, 4) is 23.1 Å². The van der Waals surface area contributed by atoms with Crippen molar-refractivity contribution >= 4 is 9.84 Å². The number of aliphatic hydroxyl groups is 1. The van der Waals surface area contributed by atoms with Crippen LogP contribution >= 0.6 is 0 Å². The quantitative estimate of drug-likeness (QED) is 0.871. The molecule has 2 aromatic rings. The van der Waals surface area contributed by atoms with E-state index in [-0.39, 0.29) is 4.90 Å². The molecular formula is C17H18N2O3S. The summed E-state index contributed by atoms with van der Waals surface area (Å²) >= 11 is 0. The molecule has 0 aliphatic carbocycles. The lowest BCUT2D eigenvalue weighted by atomic mass is 10.1. The lowest BCUT2D eigenvalue weighted by Crippen LogP contribution is -2.13. The first-order valence-corrected chi connectivity index (χ1v) is 8.71. The predicted molar refractivity (Wildman–Crippen MR) is 88.3 cm³/mol. The van der Waals surface area contributed by atoms with Crippen molar-refractivity contribution in [2.45, 2.75) is 37.0 Å². The van der Waals surface area contributed by atoms with Crippen LogP contribution in [-0.2, 0) is 9.84 Å². The van der Waals surface area contributed by atoms with Crippen LogP contribution in [0.2, 0.25) is 0 Å². The topological polar surface area (TPSA) is 80.2 Å². The Morgan fingerprint density at radius 3 is 2.30 bits per heavy atom. The molecule has 0 saturated heterocycles. The predicted octanol–water partition coefficient (Wildman–Crippen LogP) is 2.06. The Kier molecular flexibility index (Phi) is 5.14. The van der Waals surface area contributed by atoms with E-state index in [1.165, 1.54) is 6.20 Å². The van der Waals surface area contributed by atoms with Crippen LogP contribution in [0.5, 0.6) is 0 Å². The van der Waals surface area contributed by atoms with Crippen LogP contribution in [0.3, 0.4) is 0 Å². The Labute approximate surface area is 136 Å². The molecule has 2 rings (SSSR count). The van der Waals surface area contributed by atoms with E-state index in [0.717, 1.165) is 5.56 Å². The first-order chi connectivity index (χ1) is 10.8. The molecule has 0 unspecified atom stereocenters. The van der Waals surface area contributed by atoms with Crippen molar-refractivity contribution in [2.24, 2.45) is 0 Å². The SMILES string of the molecule is CC(C)S(=O)(=O)c1ccc(-c2cncc(C#C[C@H](C)O)n2)cc1. The summed E-state index contributed by atoms with van der Waals surface area (Å²) < 4.78 is 24.2. The van der Waals surface area contributed by atoms with E-state index in [1.807, 2.05) is 0 Å². The third-order valence-electron chi connectivity index (χ3n) is 3.14. The molecule has 0 saturated carbocycles. The fraction of sp³-hybridized carbons (Fsp3) is 0.294. The van der Waals surface area contributed by atoms with Gasteiger partial charge in [0.05, 0.1) is 28.2 Å². The van der Waals surface area contributed by atoms with E-state index in [2.05, 4.69) is 21.8 Å². The molecule has 0 aliphatic rings. The number of rotatable bonds is 3. The van der Waals surface area contributed by atoms with Crippen molar-refractivity contribution in [2.75, 3.05) is 0 Å². The fourth-order valence-electron chi connectivity index (χ4n) is 1.83.